The fourth-order valence-corrected chi connectivity index (χ4v) is 3.61. The third-order valence-corrected chi connectivity index (χ3v) is 4.95. The number of Topliss-reactive ketones (excluding diaryl/α,β-unsaturated/α-hetero) is 1. The van der Waals surface area contributed by atoms with Gasteiger partial charge in [-0.25, -0.2) is 9.50 Å². The minimum absolute atomic E-state index is 0.0770. The highest BCUT2D eigenvalue weighted by Crippen LogP contribution is 2.21. The van der Waals surface area contributed by atoms with E-state index in [4.69, 9.17) is 0 Å². The monoisotopic (exact) mass is 355 g/mol. The van der Waals surface area contributed by atoms with Crippen LogP contribution >= 0.6 is 11.8 Å². The van der Waals surface area contributed by atoms with Gasteiger partial charge >= 0.3 is 0 Å². The molecule has 6 nitrogen and oxygen atoms in total. The highest BCUT2D eigenvalue weighted by atomic mass is 32.2. The lowest BCUT2D eigenvalue weighted by molar-refractivity contribution is 0.102. The molecule has 7 heteroatoms. The molecule has 3 rings (SSSR count). The van der Waals surface area contributed by atoms with Crippen LogP contribution in [0, 0.1) is 27.7 Å². The number of carbonyl (C=O) groups excluding carboxylic acids is 1. The minimum atomic E-state index is 0.0770. The van der Waals surface area contributed by atoms with E-state index in [1.54, 1.807) is 4.52 Å². The Hall–Kier alpha value is -2.41. The molecule has 0 spiro atoms. The van der Waals surface area contributed by atoms with Crippen LogP contribution in [-0.2, 0) is 6.54 Å². The molecular formula is C18H21N5OS. The van der Waals surface area contributed by atoms with Crippen LogP contribution in [0.5, 0.6) is 0 Å². The fourth-order valence-electron chi connectivity index (χ4n) is 2.91. The Morgan fingerprint density at radius 1 is 1.20 bits per heavy atom. The van der Waals surface area contributed by atoms with Crippen LogP contribution in [0.4, 0.5) is 0 Å². The number of thioether (sulfide) groups is 1. The second-order valence-corrected chi connectivity index (χ2v) is 6.98. The van der Waals surface area contributed by atoms with Gasteiger partial charge in [-0.15, -0.1) is 11.7 Å². The van der Waals surface area contributed by atoms with Crippen molar-refractivity contribution in [1.29, 1.82) is 0 Å². The number of fused-ring (bicyclic) bond motifs is 1. The van der Waals surface area contributed by atoms with Crippen LogP contribution in [0.1, 0.15) is 33.1 Å². The molecule has 3 aromatic heterocycles. The predicted molar refractivity (Wildman–Crippen MR) is 99.4 cm³/mol. The molecule has 0 amide bonds. The number of aromatic nitrogens is 5. The Balaban J connectivity index is 1.78. The number of aryl methyl sites for hydroxylation is 3. The van der Waals surface area contributed by atoms with E-state index in [1.807, 2.05) is 45.9 Å². The Bertz CT molecular complexity index is 970. The average molecular weight is 355 g/mol. The van der Waals surface area contributed by atoms with Gasteiger partial charge in [-0.1, -0.05) is 17.8 Å². The molecule has 0 aromatic carbocycles. The Kier molecular flexibility index (Phi) is 4.76. The fraction of sp³-hybridized carbons (Fsp3) is 0.333. The molecular weight excluding hydrogens is 334 g/mol. The Labute approximate surface area is 151 Å². The number of rotatable bonds is 6. The van der Waals surface area contributed by atoms with Crippen molar-refractivity contribution in [3.05, 3.63) is 53.1 Å². The number of hydrogen-bond acceptors (Lipinski definition) is 5. The predicted octanol–water partition coefficient (Wildman–Crippen LogP) is 3.32. The van der Waals surface area contributed by atoms with Gasteiger partial charge < -0.3 is 4.57 Å². The van der Waals surface area contributed by atoms with Gasteiger partial charge in [-0.05, 0) is 39.8 Å². The largest absolute Gasteiger partial charge is 0.345 e. The SMILES string of the molecule is C=CCn1c(C)cc(C(=O)CSc2nc3nc(C)cc(C)n3n2)c1C. The maximum Gasteiger partial charge on any atom is 0.253 e. The van der Waals surface area contributed by atoms with E-state index in [9.17, 15) is 4.79 Å². The van der Waals surface area contributed by atoms with Gasteiger partial charge in [-0.3, -0.25) is 4.79 Å². The third-order valence-electron chi connectivity index (χ3n) is 4.12. The normalized spacial score (nSPS) is 11.2. The standard InChI is InChI=1S/C18H21N5OS/c1-6-7-22-12(3)9-15(14(22)5)16(24)10-25-18-20-17-19-11(2)8-13(4)23(17)21-18/h6,8-9H,1,7,10H2,2-5H3. The van der Waals surface area contributed by atoms with Crippen LogP contribution in [0.3, 0.4) is 0 Å². The molecule has 0 radical (unpaired) electrons. The average Bonchev–Trinajstić information content (AvgIpc) is 3.09. The van der Waals surface area contributed by atoms with E-state index in [0.717, 1.165) is 28.3 Å². The Morgan fingerprint density at radius 2 is 1.96 bits per heavy atom. The van der Waals surface area contributed by atoms with Gasteiger partial charge in [0.05, 0.1) is 5.75 Å². The van der Waals surface area contributed by atoms with Gasteiger partial charge in [0.1, 0.15) is 0 Å². The zero-order valence-corrected chi connectivity index (χ0v) is 15.7. The second-order valence-electron chi connectivity index (χ2n) is 6.04. The zero-order valence-electron chi connectivity index (χ0n) is 14.9. The number of nitrogens with zero attached hydrogens (tertiary/aromatic N) is 5. The van der Waals surface area contributed by atoms with Crippen molar-refractivity contribution >= 4 is 23.3 Å². The lowest BCUT2D eigenvalue weighted by atomic mass is 10.2. The van der Waals surface area contributed by atoms with Crippen molar-refractivity contribution in [3.63, 3.8) is 0 Å². The van der Waals surface area contributed by atoms with Crippen LogP contribution in [-0.4, -0.2) is 35.7 Å². The van der Waals surface area contributed by atoms with E-state index in [0.29, 0.717) is 23.2 Å². The maximum absolute atomic E-state index is 12.6. The van der Waals surface area contributed by atoms with Gasteiger partial charge in [0.15, 0.2) is 5.78 Å². The summed E-state index contributed by atoms with van der Waals surface area (Å²) in [6, 6.07) is 3.89. The van der Waals surface area contributed by atoms with Crippen molar-refractivity contribution in [1.82, 2.24) is 24.1 Å². The molecule has 0 saturated carbocycles. The molecule has 0 saturated heterocycles. The van der Waals surface area contributed by atoms with E-state index in [2.05, 4.69) is 26.2 Å². The van der Waals surface area contributed by atoms with Crippen molar-refractivity contribution < 1.29 is 4.79 Å². The topological polar surface area (TPSA) is 65.1 Å². The van der Waals surface area contributed by atoms with E-state index >= 15 is 0 Å². The molecule has 25 heavy (non-hydrogen) atoms. The molecule has 0 aliphatic carbocycles. The molecule has 130 valence electrons. The molecule has 0 unspecified atom stereocenters. The minimum Gasteiger partial charge on any atom is -0.345 e. The van der Waals surface area contributed by atoms with E-state index < -0.39 is 0 Å². The van der Waals surface area contributed by atoms with E-state index in [-0.39, 0.29) is 5.78 Å². The molecule has 0 aliphatic heterocycles. The summed E-state index contributed by atoms with van der Waals surface area (Å²) in [4.78, 5) is 21.4. The lowest BCUT2D eigenvalue weighted by Crippen LogP contribution is -2.06. The van der Waals surface area contributed by atoms with Crippen molar-refractivity contribution in [3.8, 4) is 0 Å². The van der Waals surface area contributed by atoms with Gasteiger partial charge in [0.2, 0.25) is 5.16 Å². The number of allylic oxidation sites excluding steroid dienone is 1. The molecule has 0 N–H and O–H groups in total. The third kappa shape index (κ3) is 3.37. The van der Waals surface area contributed by atoms with Crippen LogP contribution in [0.25, 0.3) is 5.78 Å². The van der Waals surface area contributed by atoms with E-state index in [1.165, 1.54) is 11.8 Å². The summed E-state index contributed by atoms with van der Waals surface area (Å²) in [7, 11) is 0. The second kappa shape index (κ2) is 6.84. The highest BCUT2D eigenvalue weighted by Gasteiger charge is 2.17. The molecule has 3 aromatic rings. The molecule has 0 fully saturated rings. The first-order chi connectivity index (χ1) is 11.9. The van der Waals surface area contributed by atoms with Crippen LogP contribution < -0.4 is 0 Å². The van der Waals surface area contributed by atoms with Gasteiger partial charge in [-0.2, -0.15) is 4.98 Å². The lowest BCUT2D eigenvalue weighted by Gasteiger charge is -2.05. The molecule has 0 aliphatic rings. The summed E-state index contributed by atoms with van der Waals surface area (Å²) >= 11 is 1.34. The summed E-state index contributed by atoms with van der Waals surface area (Å²) in [5.41, 5.74) is 4.66. The summed E-state index contributed by atoms with van der Waals surface area (Å²) in [6.07, 6.45) is 1.83. The molecule has 0 atom stereocenters. The molecule has 0 bridgehead atoms. The number of carbonyl (C=O) groups is 1. The first-order valence-electron chi connectivity index (χ1n) is 8.05. The number of ketones is 1. The summed E-state index contributed by atoms with van der Waals surface area (Å²) in [5, 5.41) is 4.99. The van der Waals surface area contributed by atoms with Gasteiger partial charge in [0, 0.05) is 34.9 Å². The smallest absolute Gasteiger partial charge is 0.253 e. The van der Waals surface area contributed by atoms with Crippen molar-refractivity contribution in [2.24, 2.45) is 0 Å². The van der Waals surface area contributed by atoms with Crippen LogP contribution in [0.2, 0.25) is 0 Å². The van der Waals surface area contributed by atoms with Crippen molar-refractivity contribution in [2.45, 2.75) is 39.4 Å². The summed E-state index contributed by atoms with van der Waals surface area (Å²) in [5.74, 6) is 0.942. The maximum atomic E-state index is 12.6. The number of hydrogen-bond donors (Lipinski definition) is 0. The van der Waals surface area contributed by atoms with Crippen molar-refractivity contribution in [2.75, 3.05) is 5.75 Å². The highest BCUT2D eigenvalue weighted by molar-refractivity contribution is 7.99. The summed E-state index contributed by atoms with van der Waals surface area (Å²) < 4.78 is 3.79. The molecule has 3 heterocycles. The first kappa shape index (κ1) is 17.4. The first-order valence-corrected chi connectivity index (χ1v) is 9.04. The summed E-state index contributed by atoms with van der Waals surface area (Å²) in [6.45, 7) is 12.3. The van der Waals surface area contributed by atoms with Crippen LogP contribution in [0.15, 0.2) is 29.9 Å². The van der Waals surface area contributed by atoms with Gasteiger partial charge in [0.25, 0.3) is 5.78 Å². The Morgan fingerprint density at radius 3 is 2.68 bits per heavy atom. The quantitative estimate of drug-likeness (QED) is 0.385. The zero-order chi connectivity index (χ0) is 18.1.